The second kappa shape index (κ2) is 6.58. The van der Waals surface area contributed by atoms with E-state index in [1.165, 1.54) is 5.56 Å². The summed E-state index contributed by atoms with van der Waals surface area (Å²) in [6.45, 7) is 7.32. The second-order valence-electron chi connectivity index (χ2n) is 5.96. The lowest BCUT2D eigenvalue weighted by Crippen LogP contribution is -2.31. The Morgan fingerprint density at radius 3 is 2.48 bits per heavy atom. The second-order valence-corrected chi connectivity index (χ2v) is 6.35. The van der Waals surface area contributed by atoms with Crippen molar-refractivity contribution >= 4 is 28.2 Å². The highest BCUT2D eigenvalue weighted by atomic mass is 35.5. The Bertz CT molecular complexity index is 625. The van der Waals surface area contributed by atoms with Crippen molar-refractivity contribution in [2.24, 2.45) is 0 Å². The van der Waals surface area contributed by atoms with Gasteiger partial charge in [0.25, 0.3) is 0 Å². The van der Waals surface area contributed by atoms with Crippen LogP contribution in [0.5, 0.6) is 0 Å². The zero-order valence-corrected chi connectivity index (χ0v) is 14.1. The molecule has 0 aliphatic heterocycles. The van der Waals surface area contributed by atoms with Gasteiger partial charge < -0.3 is 10.2 Å². The normalized spacial score (nSPS) is 13.1. The molecule has 21 heavy (non-hydrogen) atoms. The van der Waals surface area contributed by atoms with E-state index in [-0.39, 0.29) is 0 Å². The lowest BCUT2D eigenvalue weighted by Gasteiger charge is -2.21. The largest absolute Gasteiger partial charge is 0.368 e. The van der Waals surface area contributed by atoms with E-state index in [2.05, 4.69) is 55.1 Å². The van der Waals surface area contributed by atoms with Crippen molar-refractivity contribution in [2.75, 3.05) is 26.0 Å². The van der Waals surface area contributed by atoms with Gasteiger partial charge in [-0.1, -0.05) is 25.4 Å². The summed E-state index contributed by atoms with van der Waals surface area (Å²) in [6.07, 6.45) is 3.74. The van der Waals surface area contributed by atoms with Crippen LogP contribution in [0.1, 0.15) is 32.3 Å². The van der Waals surface area contributed by atoms with E-state index in [9.17, 15) is 0 Å². The molecule has 0 spiro atoms. The Morgan fingerprint density at radius 1 is 1.14 bits per heavy atom. The van der Waals surface area contributed by atoms with Gasteiger partial charge in [-0.15, -0.1) is 0 Å². The zero-order valence-electron chi connectivity index (χ0n) is 13.3. The number of halogens is 1. The summed E-state index contributed by atoms with van der Waals surface area (Å²) in [5.41, 5.74) is 1.19. The van der Waals surface area contributed by atoms with E-state index in [4.69, 9.17) is 11.6 Å². The minimum absolute atomic E-state index is 0.396. The van der Waals surface area contributed by atoms with Gasteiger partial charge in [-0.2, -0.15) is 0 Å². The van der Waals surface area contributed by atoms with Crippen molar-refractivity contribution < 1.29 is 0 Å². The Labute approximate surface area is 131 Å². The van der Waals surface area contributed by atoms with Crippen molar-refractivity contribution in [1.82, 2.24) is 14.9 Å². The molecule has 1 N–H and O–H groups in total. The monoisotopic (exact) mass is 306 g/mol. The highest BCUT2D eigenvalue weighted by Gasteiger charge is 2.12. The molecule has 2 aromatic rings. The molecule has 0 amide bonds. The summed E-state index contributed by atoms with van der Waals surface area (Å²) in [6, 6.07) is 2.35. The first-order valence-corrected chi connectivity index (χ1v) is 7.62. The predicted molar refractivity (Wildman–Crippen MR) is 90.3 cm³/mol. The molecule has 0 radical (unpaired) electrons. The van der Waals surface area contributed by atoms with Gasteiger partial charge in [0.05, 0.1) is 0 Å². The van der Waals surface area contributed by atoms with E-state index in [0.717, 1.165) is 23.1 Å². The van der Waals surface area contributed by atoms with Gasteiger partial charge in [0, 0.05) is 30.4 Å². The number of nitrogens with zero attached hydrogens (tertiary/aromatic N) is 3. The predicted octanol–water partition coefficient (Wildman–Crippen LogP) is 3.77. The molecule has 114 valence electrons. The van der Waals surface area contributed by atoms with Gasteiger partial charge in [0.15, 0.2) is 0 Å². The van der Waals surface area contributed by atoms with Crippen molar-refractivity contribution in [3.63, 3.8) is 0 Å². The third-order valence-corrected chi connectivity index (χ3v) is 4.04. The number of hydrogen-bond donors (Lipinski definition) is 1. The lowest BCUT2D eigenvalue weighted by molar-refractivity contribution is 0.326. The highest BCUT2D eigenvalue weighted by Crippen LogP contribution is 2.30. The molecule has 0 bridgehead atoms. The van der Waals surface area contributed by atoms with E-state index in [0.29, 0.717) is 17.1 Å². The topological polar surface area (TPSA) is 41.1 Å². The molecule has 0 aliphatic carbocycles. The molecular weight excluding hydrogens is 284 g/mol. The minimum atomic E-state index is 0.396. The molecule has 1 atom stereocenters. The Hall–Kier alpha value is -1.39. The SMILES string of the molecule is CC(C)c1cnc(NCC(C)N(C)C)c2cnc(Cl)cc12. The molecule has 0 aromatic carbocycles. The number of rotatable bonds is 5. The lowest BCUT2D eigenvalue weighted by atomic mass is 9.99. The molecule has 5 heteroatoms. The summed E-state index contributed by atoms with van der Waals surface area (Å²) < 4.78 is 0. The maximum atomic E-state index is 6.06. The van der Waals surface area contributed by atoms with Crippen LogP contribution < -0.4 is 5.32 Å². The van der Waals surface area contributed by atoms with Crippen molar-refractivity contribution in [2.45, 2.75) is 32.7 Å². The molecule has 0 fully saturated rings. The molecule has 2 heterocycles. The molecule has 2 rings (SSSR count). The van der Waals surface area contributed by atoms with E-state index >= 15 is 0 Å². The summed E-state index contributed by atoms with van der Waals surface area (Å²) in [4.78, 5) is 11.0. The van der Waals surface area contributed by atoms with E-state index in [1.807, 2.05) is 12.3 Å². The Morgan fingerprint density at radius 2 is 1.86 bits per heavy atom. The van der Waals surface area contributed by atoms with Gasteiger partial charge in [-0.25, -0.2) is 9.97 Å². The smallest absolute Gasteiger partial charge is 0.135 e. The van der Waals surface area contributed by atoms with Crippen molar-refractivity contribution in [3.05, 3.63) is 29.2 Å². The summed E-state index contributed by atoms with van der Waals surface area (Å²) in [5, 5.41) is 6.08. The number of anilines is 1. The fourth-order valence-electron chi connectivity index (χ4n) is 2.16. The number of nitrogens with one attached hydrogen (secondary N) is 1. The Balaban J connectivity index is 2.40. The first-order chi connectivity index (χ1) is 9.90. The zero-order chi connectivity index (χ0) is 15.6. The van der Waals surface area contributed by atoms with Gasteiger partial charge in [0.1, 0.15) is 11.0 Å². The fraction of sp³-hybridized carbons (Fsp3) is 0.500. The average molecular weight is 307 g/mol. The molecular formula is C16H23ClN4. The van der Waals surface area contributed by atoms with E-state index in [1.54, 1.807) is 6.20 Å². The van der Waals surface area contributed by atoms with Gasteiger partial charge in [-0.3, -0.25) is 0 Å². The van der Waals surface area contributed by atoms with Crippen LogP contribution in [0.3, 0.4) is 0 Å². The van der Waals surface area contributed by atoms with E-state index < -0.39 is 0 Å². The van der Waals surface area contributed by atoms with Gasteiger partial charge >= 0.3 is 0 Å². The van der Waals surface area contributed by atoms with Crippen LogP contribution >= 0.6 is 11.6 Å². The summed E-state index contributed by atoms with van der Waals surface area (Å²) in [7, 11) is 4.14. The van der Waals surface area contributed by atoms with Crippen LogP contribution in [0.15, 0.2) is 18.5 Å². The fourth-order valence-corrected chi connectivity index (χ4v) is 2.32. The van der Waals surface area contributed by atoms with Crippen LogP contribution in [0, 0.1) is 0 Å². The van der Waals surface area contributed by atoms with Gasteiger partial charge in [-0.05, 0) is 44.0 Å². The number of hydrogen-bond acceptors (Lipinski definition) is 4. The maximum Gasteiger partial charge on any atom is 0.135 e. The maximum absolute atomic E-state index is 6.06. The quantitative estimate of drug-likeness (QED) is 0.854. The van der Waals surface area contributed by atoms with Crippen LogP contribution in [0.25, 0.3) is 10.8 Å². The number of likely N-dealkylation sites (N-methyl/N-ethyl adjacent to an activating group) is 1. The summed E-state index contributed by atoms with van der Waals surface area (Å²) in [5.74, 6) is 1.26. The molecule has 0 saturated heterocycles. The molecule has 0 aliphatic rings. The first-order valence-electron chi connectivity index (χ1n) is 7.24. The molecule has 0 saturated carbocycles. The molecule has 1 unspecified atom stereocenters. The number of aromatic nitrogens is 2. The van der Waals surface area contributed by atoms with Crippen LogP contribution in [0.4, 0.5) is 5.82 Å². The Kier molecular flexibility index (Phi) is 5.01. The number of pyridine rings is 2. The average Bonchev–Trinajstić information content (AvgIpc) is 2.43. The van der Waals surface area contributed by atoms with Crippen molar-refractivity contribution in [1.29, 1.82) is 0 Å². The highest BCUT2D eigenvalue weighted by molar-refractivity contribution is 6.30. The van der Waals surface area contributed by atoms with Crippen LogP contribution in [-0.4, -0.2) is 41.5 Å². The van der Waals surface area contributed by atoms with Crippen LogP contribution in [-0.2, 0) is 0 Å². The third kappa shape index (κ3) is 3.63. The number of fused-ring (bicyclic) bond motifs is 1. The minimum Gasteiger partial charge on any atom is -0.368 e. The van der Waals surface area contributed by atoms with Crippen molar-refractivity contribution in [3.8, 4) is 0 Å². The standard InChI is InChI=1S/C16H23ClN4/c1-10(2)13-8-20-16(19-7-11(3)21(4)5)14-9-18-15(17)6-12(13)14/h6,8-11H,7H2,1-5H3,(H,19,20). The first kappa shape index (κ1) is 16.0. The molecule has 4 nitrogen and oxygen atoms in total. The van der Waals surface area contributed by atoms with Crippen LogP contribution in [0.2, 0.25) is 5.15 Å². The third-order valence-electron chi connectivity index (χ3n) is 3.84. The molecule has 2 aromatic heterocycles. The van der Waals surface area contributed by atoms with Gasteiger partial charge in [0.2, 0.25) is 0 Å². The summed E-state index contributed by atoms with van der Waals surface area (Å²) >= 11 is 6.06.